The van der Waals surface area contributed by atoms with Crippen LogP contribution in [0.15, 0.2) is 69.6 Å². The zero-order valence-electron chi connectivity index (χ0n) is 36.5. The van der Waals surface area contributed by atoms with Crippen molar-refractivity contribution in [2.45, 2.75) is 129 Å². The molecule has 0 saturated heterocycles. The lowest BCUT2D eigenvalue weighted by Gasteiger charge is -2.27. The number of rotatable bonds is 23. The molecule has 11 heteroatoms. The molecule has 1 aromatic carbocycles. The minimum atomic E-state index is -4.38. The van der Waals surface area contributed by atoms with Crippen LogP contribution in [0.1, 0.15) is 130 Å². The van der Waals surface area contributed by atoms with Gasteiger partial charge in [-0.3, -0.25) is 9.35 Å². The van der Waals surface area contributed by atoms with Crippen molar-refractivity contribution in [3.05, 3.63) is 82.6 Å². The highest BCUT2D eigenvalue weighted by molar-refractivity contribution is 7.85. The van der Waals surface area contributed by atoms with Gasteiger partial charge in [0, 0.05) is 60.0 Å². The van der Waals surface area contributed by atoms with E-state index in [1.54, 1.807) is 12.1 Å². The van der Waals surface area contributed by atoms with Gasteiger partial charge < -0.3 is 24.1 Å². The van der Waals surface area contributed by atoms with Gasteiger partial charge in [0.25, 0.3) is 10.1 Å². The summed E-state index contributed by atoms with van der Waals surface area (Å²) in [5.41, 5.74) is 4.08. The number of fused-ring (bicyclic) bond motifs is 2. The second-order valence-electron chi connectivity index (χ2n) is 16.8. The molecule has 3 aliphatic rings. The van der Waals surface area contributed by atoms with Crippen LogP contribution in [0.2, 0.25) is 0 Å². The van der Waals surface area contributed by atoms with Crippen molar-refractivity contribution in [1.29, 1.82) is 0 Å². The van der Waals surface area contributed by atoms with Gasteiger partial charge in [-0.15, -0.1) is 0 Å². The van der Waals surface area contributed by atoms with E-state index in [0.29, 0.717) is 39.3 Å². The molecule has 2 aliphatic heterocycles. The van der Waals surface area contributed by atoms with Crippen LogP contribution >= 0.6 is 0 Å². The molecule has 0 bridgehead atoms. The van der Waals surface area contributed by atoms with Gasteiger partial charge in [0.15, 0.2) is 0 Å². The molecule has 0 saturated carbocycles. The topological polar surface area (TPSA) is 121 Å². The van der Waals surface area contributed by atoms with E-state index in [1.165, 1.54) is 31.7 Å². The Balaban J connectivity index is 1.43. The number of unbranched alkanes of at least 4 members (excludes halogenated alkanes) is 6. The van der Waals surface area contributed by atoms with Gasteiger partial charge >= 0.3 is 0 Å². The van der Waals surface area contributed by atoms with Gasteiger partial charge in [0.05, 0.1) is 30.8 Å². The fourth-order valence-electron chi connectivity index (χ4n) is 7.51. The number of nitrogens with one attached hydrogen (secondary N) is 1. The minimum absolute atomic E-state index is 0.0168. The van der Waals surface area contributed by atoms with Crippen LogP contribution in [-0.4, -0.2) is 71.5 Å². The molecule has 1 aromatic rings. The molecule has 0 radical (unpaired) electrons. The number of carbonyl (C=O) groups is 1. The molecule has 0 fully saturated rings. The van der Waals surface area contributed by atoms with E-state index in [9.17, 15) is 17.8 Å². The first-order valence-corrected chi connectivity index (χ1v) is 22.9. The van der Waals surface area contributed by atoms with E-state index >= 15 is 0 Å². The van der Waals surface area contributed by atoms with Gasteiger partial charge in [-0.1, -0.05) is 85.8 Å². The number of allylic oxidation sites excluding steroid dienone is 3. The normalized spacial score (nSPS) is 14.8. The predicted molar refractivity (Wildman–Crippen MR) is 236 cm³/mol. The summed E-state index contributed by atoms with van der Waals surface area (Å²) in [6, 6.07) is 13.4. The molecular formula is C47H70N3O7S+. The fourth-order valence-corrected chi connectivity index (χ4v) is 8.01. The summed E-state index contributed by atoms with van der Waals surface area (Å²) in [5.74, 6) is 1.75. The van der Waals surface area contributed by atoms with E-state index in [0.717, 1.165) is 90.3 Å². The summed E-state index contributed by atoms with van der Waals surface area (Å²) >= 11 is 0. The first-order chi connectivity index (χ1) is 27.6. The summed E-state index contributed by atoms with van der Waals surface area (Å²) in [5, 5.41) is 4.08. The number of nitrogens with zero attached hydrogens (tertiary/aromatic N) is 2. The SMILES string of the molecule is CCCCCCCOCCOCCNC(=O)CCCCCN1/C(=C/C=C/c2cc(C(C)(C)C)oc3cc(=[N+](CC)CC)ccc2-3)C(C)(C)c2cc(S(=O)(=O)O)ccc21. The van der Waals surface area contributed by atoms with E-state index in [-0.39, 0.29) is 16.2 Å². The quantitative estimate of drug-likeness (QED) is 0.0553. The van der Waals surface area contributed by atoms with Crippen molar-refractivity contribution in [3.8, 4) is 11.3 Å². The van der Waals surface area contributed by atoms with E-state index in [1.807, 2.05) is 0 Å². The lowest BCUT2D eigenvalue weighted by atomic mass is 9.83. The number of ether oxygens (including phenoxy) is 2. The molecule has 2 N–H and O–H groups in total. The highest BCUT2D eigenvalue weighted by Gasteiger charge is 2.40. The molecule has 1 amide bonds. The lowest BCUT2D eigenvalue weighted by Crippen LogP contribution is -2.29. The highest BCUT2D eigenvalue weighted by atomic mass is 32.2. The summed E-state index contributed by atoms with van der Waals surface area (Å²) in [4.78, 5) is 14.7. The van der Waals surface area contributed by atoms with Gasteiger partial charge in [-0.25, -0.2) is 4.58 Å². The average Bonchev–Trinajstić information content (AvgIpc) is 3.38. The Morgan fingerprint density at radius 2 is 1.60 bits per heavy atom. The highest BCUT2D eigenvalue weighted by Crippen LogP contribution is 2.48. The van der Waals surface area contributed by atoms with Gasteiger partial charge in [0.1, 0.15) is 24.6 Å². The first kappa shape index (κ1) is 46.9. The standard InChI is InChI=1S/C47H69N3O7S/c1-9-12-13-14-18-29-55-31-32-56-30-27-48-45(51)22-16-15-17-28-50-41-26-24-38(58(52,53)54)35-40(41)47(7,8)43(50)21-19-20-36-33-44(46(4,5)6)57-42-34-37(23-25-39(36)42)49(10-2)11-3/h19-21,23-26,33-35H,9-18,22,27-32H2,1-8H3,(H-,48,51,52,53,54)/p+1. The molecule has 4 rings (SSSR count). The molecular weight excluding hydrogens is 751 g/mol. The number of anilines is 1. The van der Waals surface area contributed by atoms with Crippen molar-refractivity contribution < 1.29 is 31.7 Å². The average molecular weight is 821 g/mol. The molecule has 0 atom stereocenters. The van der Waals surface area contributed by atoms with Crippen LogP contribution in [0.4, 0.5) is 5.69 Å². The third-order valence-electron chi connectivity index (χ3n) is 11.0. The summed E-state index contributed by atoms with van der Waals surface area (Å²) < 4.78 is 54.3. The van der Waals surface area contributed by atoms with Crippen LogP contribution in [0.25, 0.3) is 17.4 Å². The van der Waals surface area contributed by atoms with Crippen LogP contribution in [-0.2, 0) is 35.2 Å². The molecule has 320 valence electrons. The number of benzene rings is 2. The zero-order chi connectivity index (χ0) is 42.3. The lowest BCUT2D eigenvalue weighted by molar-refractivity contribution is -0.121. The van der Waals surface area contributed by atoms with Gasteiger partial charge in [-0.05, 0) is 80.6 Å². The maximum Gasteiger partial charge on any atom is 0.294 e. The Kier molecular flexibility index (Phi) is 17.8. The third-order valence-corrected chi connectivity index (χ3v) is 11.8. The summed E-state index contributed by atoms with van der Waals surface area (Å²) in [6.45, 7) is 22.4. The Morgan fingerprint density at radius 3 is 2.29 bits per heavy atom. The molecule has 0 spiro atoms. The van der Waals surface area contributed by atoms with E-state index in [4.69, 9.17) is 13.9 Å². The van der Waals surface area contributed by atoms with Crippen molar-refractivity contribution in [1.82, 2.24) is 9.89 Å². The number of hydrogen-bond acceptors (Lipinski definition) is 7. The summed E-state index contributed by atoms with van der Waals surface area (Å²) in [6.07, 6.45) is 15.3. The molecule has 1 aliphatic carbocycles. The second-order valence-corrected chi connectivity index (χ2v) is 18.2. The molecule has 58 heavy (non-hydrogen) atoms. The minimum Gasteiger partial charge on any atom is -0.460 e. The first-order valence-electron chi connectivity index (χ1n) is 21.5. The fraction of sp³-hybridized carbons (Fsp3) is 0.574. The Bertz CT molecular complexity index is 2000. The second kappa shape index (κ2) is 22.0. The monoisotopic (exact) mass is 820 g/mol. The number of carbonyl (C=O) groups excluding carboxylic acids is 1. The van der Waals surface area contributed by atoms with Crippen molar-refractivity contribution in [2.24, 2.45) is 0 Å². The Morgan fingerprint density at radius 1 is 0.897 bits per heavy atom. The maximum absolute atomic E-state index is 12.5. The Hall–Kier alpha value is -3.77. The smallest absolute Gasteiger partial charge is 0.294 e. The van der Waals surface area contributed by atoms with Crippen molar-refractivity contribution in [2.75, 3.05) is 57.5 Å². The zero-order valence-corrected chi connectivity index (χ0v) is 37.3. The van der Waals surface area contributed by atoms with Gasteiger partial charge in [0.2, 0.25) is 11.3 Å². The van der Waals surface area contributed by atoms with Crippen LogP contribution < -0.4 is 20.1 Å². The predicted octanol–water partition coefficient (Wildman–Crippen LogP) is 9.12. The molecule has 0 aromatic heterocycles. The van der Waals surface area contributed by atoms with E-state index in [2.05, 4.69) is 113 Å². The van der Waals surface area contributed by atoms with Crippen LogP contribution in [0.3, 0.4) is 0 Å². The van der Waals surface area contributed by atoms with Crippen molar-refractivity contribution in [3.63, 3.8) is 0 Å². The Labute approximate surface area is 348 Å². The summed E-state index contributed by atoms with van der Waals surface area (Å²) in [7, 11) is -4.38. The van der Waals surface area contributed by atoms with E-state index < -0.39 is 15.5 Å². The van der Waals surface area contributed by atoms with Crippen LogP contribution in [0, 0.1) is 0 Å². The largest absolute Gasteiger partial charge is 0.460 e. The van der Waals surface area contributed by atoms with Crippen molar-refractivity contribution >= 4 is 27.8 Å². The molecule has 0 unspecified atom stereocenters. The van der Waals surface area contributed by atoms with Gasteiger partial charge in [-0.2, -0.15) is 8.42 Å². The number of hydrogen-bond donors (Lipinski definition) is 2. The maximum atomic E-state index is 12.5. The molecule has 2 heterocycles. The third kappa shape index (κ3) is 13.1. The molecule has 10 nitrogen and oxygen atoms in total. The van der Waals surface area contributed by atoms with Crippen LogP contribution in [0.5, 0.6) is 0 Å². The number of amides is 1.